The molecule has 0 spiro atoms. The van der Waals surface area contributed by atoms with E-state index in [1.54, 1.807) is 17.4 Å². The predicted molar refractivity (Wildman–Crippen MR) is 82.8 cm³/mol. The number of thiazole rings is 1. The van der Waals surface area contributed by atoms with Crippen LogP contribution in [-0.2, 0) is 17.8 Å². The average Bonchev–Trinajstić information content (AvgIpc) is 2.89. The lowest BCUT2D eigenvalue weighted by molar-refractivity contribution is -0.126. The van der Waals surface area contributed by atoms with Crippen molar-refractivity contribution in [3.8, 4) is 5.75 Å². The molecule has 1 aliphatic heterocycles. The van der Waals surface area contributed by atoms with E-state index in [0.717, 1.165) is 22.0 Å². The van der Waals surface area contributed by atoms with Gasteiger partial charge >= 0.3 is 0 Å². The average molecular weight is 323 g/mol. The highest BCUT2D eigenvalue weighted by molar-refractivity contribution is 7.09. The number of benzene rings is 1. The summed E-state index contributed by atoms with van der Waals surface area (Å²) in [7, 11) is 0. The molecule has 1 aromatic carbocycles. The quantitative estimate of drug-likeness (QED) is 0.945. The largest absolute Gasteiger partial charge is 0.492 e. The molecule has 1 unspecified atom stereocenters. The number of fused-ring (bicyclic) bond motifs is 1. The normalized spacial score (nSPS) is 17.0. The van der Waals surface area contributed by atoms with E-state index >= 15 is 0 Å². The van der Waals surface area contributed by atoms with Crippen molar-refractivity contribution >= 4 is 28.8 Å². The zero-order valence-electron chi connectivity index (χ0n) is 11.6. The summed E-state index contributed by atoms with van der Waals surface area (Å²) in [6.45, 7) is 2.81. The molecule has 0 saturated carbocycles. The van der Waals surface area contributed by atoms with Gasteiger partial charge in [-0.25, -0.2) is 4.98 Å². The summed E-state index contributed by atoms with van der Waals surface area (Å²) in [5, 5.41) is 6.48. The molecule has 1 aromatic heterocycles. The first kappa shape index (κ1) is 14.4. The lowest BCUT2D eigenvalue weighted by Crippen LogP contribution is -2.37. The van der Waals surface area contributed by atoms with Gasteiger partial charge < -0.3 is 10.1 Å². The van der Waals surface area contributed by atoms with Gasteiger partial charge in [0.25, 0.3) is 0 Å². The van der Waals surface area contributed by atoms with Crippen LogP contribution in [0.25, 0.3) is 0 Å². The molecule has 3 rings (SSSR count). The molecule has 6 heteroatoms. The van der Waals surface area contributed by atoms with Crippen molar-refractivity contribution in [3.05, 3.63) is 44.9 Å². The van der Waals surface area contributed by atoms with Gasteiger partial charge in [0, 0.05) is 16.1 Å². The van der Waals surface area contributed by atoms with Crippen LogP contribution in [0.2, 0.25) is 5.02 Å². The van der Waals surface area contributed by atoms with Crippen LogP contribution in [0.1, 0.15) is 16.3 Å². The van der Waals surface area contributed by atoms with Gasteiger partial charge in [-0.1, -0.05) is 11.6 Å². The molecule has 0 saturated heterocycles. The van der Waals surface area contributed by atoms with Gasteiger partial charge in [-0.2, -0.15) is 0 Å². The predicted octanol–water partition coefficient (Wildman–Crippen LogP) is 2.97. The van der Waals surface area contributed by atoms with Crippen molar-refractivity contribution in [1.82, 2.24) is 10.3 Å². The fourth-order valence-corrected chi connectivity index (χ4v) is 3.23. The van der Waals surface area contributed by atoms with E-state index < -0.39 is 0 Å². The number of rotatable bonds is 3. The minimum absolute atomic E-state index is 0.00604. The molecule has 0 bridgehead atoms. The second-order valence-corrected chi connectivity index (χ2v) is 6.44. The minimum atomic E-state index is -0.183. The number of hydrogen-bond donors (Lipinski definition) is 1. The van der Waals surface area contributed by atoms with Crippen LogP contribution in [0.3, 0.4) is 0 Å². The Labute approximate surface area is 132 Å². The van der Waals surface area contributed by atoms with E-state index in [0.29, 0.717) is 24.6 Å². The van der Waals surface area contributed by atoms with Crippen LogP contribution in [0.4, 0.5) is 0 Å². The van der Waals surface area contributed by atoms with E-state index in [9.17, 15) is 4.79 Å². The second-order valence-electron chi connectivity index (χ2n) is 5.06. The molecule has 1 amide bonds. The topological polar surface area (TPSA) is 51.2 Å². The molecular formula is C15H15ClN2O2S. The first-order valence-corrected chi connectivity index (χ1v) is 7.97. The highest BCUT2D eigenvalue weighted by Gasteiger charge is 2.26. The number of nitrogens with zero attached hydrogens (tertiary/aromatic N) is 1. The second kappa shape index (κ2) is 6.03. The first-order chi connectivity index (χ1) is 10.1. The van der Waals surface area contributed by atoms with Gasteiger partial charge in [0.05, 0.1) is 12.5 Å². The van der Waals surface area contributed by atoms with Crippen LogP contribution >= 0.6 is 22.9 Å². The SMILES string of the molecule is Cc1csc(CNC(=O)C2COc3ccc(Cl)cc3C2)n1. The third-order valence-electron chi connectivity index (χ3n) is 3.38. The zero-order valence-corrected chi connectivity index (χ0v) is 13.1. The number of nitrogens with one attached hydrogen (secondary N) is 1. The third kappa shape index (κ3) is 3.36. The summed E-state index contributed by atoms with van der Waals surface area (Å²) >= 11 is 7.54. The van der Waals surface area contributed by atoms with E-state index in [2.05, 4.69) is 10.3 Å². The first-order valence-electron chi connectivity index (χ1n) is 6.72. The summed E-state index contributed by atoms with van der Waals surface area (Å²) in [5.74, 6) is 0.629. The van der Waals surface area contributed by atoms with Crippen LogP contribution in [-0.4, -0.2) is 17.5 Å². The number of aromatic nitrogens is 1. The lowest BCUT2D eigenvalue weighted by Gasteiger charge is -2.24. The molecule has 21 heavy (non-hydrogen) atoms. The number of aryl methyl sites for hydroxylation is 1. The van der Waals surface area contributed by atoms with E-state index in [-0.39, 0.29) is 11.8 Å². The summed E-state index contributed by atoms with van der Waals surface area (Å²) < 4.78 is 5.64. The Balaban J connectivity index is 1.61. The van der Waals surface area contributed by atoms with Gasteiger partial charge in [-0.05, 0) is 37.1 Å². The van der Waals surface area contributed by atoms with Crippen LogP contribution < -0.4 is 10.1 Å². The number of carbonyl (C=O) groups is 1. The minimum Gasteiger partial charge on any atom is -0.492 e. The Morgan fingerprint density at radius 1 is 1.57 bits per heavy atom. The van der Waals surface area contributed by atoms with E-state index in [1.165, 1.54) is 0 Å². The Morgan fingerprint density at radius 3 is 3.19 bits per heavy atom. The monoisotopic (exact) mass is 322 g/mol. The summed E-state index contributed by atoms with van der Waals surface area (Å²) in [6, 6.07) is 5.51. The molecule has 0 radical (unpaired) electrons. The van der Waals surface area contributed by atoms with Crippen LogP contribution in [0.5, 0.6) is 5.75 Å². The summed E-state index contributed by atoms with van der Waals surface area (Å²) in [6.07, 6.45) is 0.651. The molecule has 110 valence electrons. The lowest BCUT2D eigenvalue weighted by atomic mass is 9.96. The number of carbonyl (C=O) groups excluding carboxylic acids is 1. The van der Waals surface area contributed by atoms with Crippen molar-refractivity contribution in [2.45, 2.75) is 19.9 Å². The Bertz CT molecular complexity index is 671. The van der Waals surface area contributed by atoms with Crippen molar-refractivity contribution in [1.29, 1.82) is 0 Å². The molecule has 0 aliphatic carbocycles. The zero-order chi connectivity index (χ0) is 14.8. The molecule has 1 aliphatic rings. The van der Waals surface area contributed by atoms with Crippen molar-refractivity contribution in [2.24, 2.45) is 5.92 Å². The maximum atomic E-state index is 12.2. The van der Waals surface area contributed by atoms with Crippen molar-refractivity contribution < 1.29 is 9.53 Å². The van der Waals surface area contributed by atoms with E-state index in [4.69, 9.17) is 16.3 Å². The Morgan fingerprint density at radius 2 is 2.43 bits per heavy atom. The molecule has 1 atom stereocenters. The molecule has 0 fully saturated rings. The van der Waals surface area contributed by atoms with Gasteiger partial charge in [0.1, 0.15) is 17.4 Å². The molecule has 2 heterocycles. The summed E-state index contributed by atoms with van der Waals surface area (Å²) in [5.41, 5.74) is 1.97. The highest BCUT2D eigenvalue weighted by Crippen LogP contribution is 2.29. The number of halogens is 1. The molecule has 4 nitrogen and oxygen atoms in total. The fraction of sp³-hybridized carbons (Fsp3) is 0.333. The van der Waals surface area contributed by atoms with Crippen molar-refractivity contribution in [2.75, 3.05) is 6.61 Å². The Hall–Kier alpha value is -1.59. The molecule has 2 aromatic rings. The maximum absolute atomic E-state index is 12.2. The van der Waals surface area contributed by atoms with Crippen molar-refractivity contribution in [3.63, 3.8) is 0 Å². The third-order valence-corrected chi connectivity index (χ3v) is 4.58. The highest BCUT2D eigenvalue weighted by atomic mass is 35.5. The van der Waals surface area contributed by atoms with Crippen LogP contribution in [0.15, 0.2) is 23.6 Å². The smallest absolute Gasteiger partial charge is 0.227 e. The Kier molecular flexibility index (Phi) is 4.12. The standard InChI is InChI=1S/C15H15ClN2O2S/c1-9-8-21-14(18-9)6-17-15(19)11-4-10-5-12(16)2-3-13(10)20-7-11/h2-3,5,8,11H,4,6-7H2,1H3,(H,17,19). The van der Waals surface area contributed by atoms with Gasteiger partial charge in [0.2, 0.25) is 5.91 Å². The number of ether oxygens (including phenoxy) is 1. The fourth-order valence-electron chi connectivity index (χ4n) is 2.32. The van der Waals surface area contributed by atoms with E-state index in [1.807, 2.05) is 24.4 Å². The van der Waals surface area contributed by atoms with Crippen LogP contribution in [0, 0.1) is 12.8 Å². The van der Waals surface area contributed by atoms with Gasteiger partial charge in [-0.15, -0.1) is 11.3 Å². The summed E-state index contributed by atoms with van der Waals surface area (Å²) in [4.78, 5) is 16.6. The van der Waals surface area contributed by atoms with Gasteiger partial charge in [0.15, 0.2) is 0 Å². The molecular weight excluding hydrogens is 308 g/mol. The molecule has 1 N–H and O–H groups in total. The maximum Gasteiger partial charge on any atom is 0.227 e. The number of amides is 1. The number of hydrogen-bond acceptors (Lipinski definition) is 4. The van der Waals surface area contributed by atoms with Gasteiger partial charge in [-0.3, -0.25) is 4.79 Å².